The lowest BCUT2D eigenvalue weighted by Crippen LogP contribution is -2.47. The molecule has 2 fully saturated rings. The van der Waals surface area contributed by atoms with Crippen LogP contribution < -0.4 is 0 Å². The second-order valence-corrected chi connectivity index (χ2v) is 5.30. The third-order valence-electron chi connectivity index (χ3n) is 2.66. The predicted octanol–water partition coefficient (Wildman–Crippen LogP) is 1.68. The number of fused-ring (bicyclic) bond motifs is 1. The Labute approximate surface area is 99.3 Å². The molecule has 2 saturated heterocycles. The molecule has 0 aromatic heterocycles. The van der Waals surface area contributed by atoms with E-state index in [2.05, 4.69) is 10.0 Å². The Morgan fingerprint density at radius 2 is 2.24 bits per heavy atom. The van der Waals surface area contributed by atoms with E-state index >= 15 is 0 Å². The summed E-state index contributed by atoms with van der Waals surface area (Å²) in [5.41, 5.74) is 7.91. The highest BCUT2D eigenvalue weighted by atomic mass is 16.6. The molecule has 94 valence electrons. The van der Waals surface area contributed by atoms with E-state index in [0.717, 1.165) is 0 Å². The summed E-state index contributed by atoms with van der Waals surface area (Å²) in [4.78, 5) is 16.2. The fourth-order valence-corrected chi connectivity index (χ4v) is 1.91. The van der Waals surface area contributed by atoms with Crippen LogP contribution >= 0.6 is 0 Å². The summed E-state index contributed by atoms with van der Waals surface area (Å²) in [6, 6.07) is -0.300. The van der Waals surface area contributed by atoms with Crippen LogP contribution in [0.15, 0.2) is 5.11 Å². The largest absolute Gasteiger partial charge is 0.444 e. The lowest BCUT2D eigenvalue weighted by molar-refractivity contribution is 0.0218. The number of amides is 1. The summed E-state index contributed by atoms with van der Waals surface area (Å²) in [6.45, 7) is 6.32. The Balaban J connectivity index is 1.98. The first kappa shape index (κ1) is 12.0. The molecule has 17 heavy (non-hydrogen) atoms. The Kier molecular flexibility index (Phi) is 2.89. The van der Waals surface area contributed by atoms with E-state index in [1.165, 1.54) is 0 Å². The van der Waals surface area contributed by atoms with Crippen molar-refractivity contribution in [2.24, 2.45) is 5.11 Å². The fourth-order valence-electron chi connectivity index (χ4n) is 1.91. The van der Waals surface area contributed by atoms with Crippen LogP contribution in [0.4, 0.5) is 4.79 Å². The standard InChI is InChI=1S/C10H16N4O3/c1-10(2,3)17-9(15)14-4-6(12-13-11)8-7(5-14)16-8/h6-8H,4-5H2,1-3H3/t6-,7-,8-/m0/s1. The van der Waals surface area contributed by atoms with Crippen molar-refractivity contribution in [1.82, 2.24) is 4.90 Å². The van der Waals surface area contributed by atoms with E-state index in [9.17, 15) is 4.79 Å². The van der Waals surface area contributed by atoms with Crippen LogP contribution in [0.5, 0.6) is 0 Å². The van der Waals surface area contributed by atoms with E-state index in [4.69, 9.17) is 15.0 Å². The average molecular weight is 240 g/mol. The topological polar surface area (TPSA) is 90.8 Å². The van der Waals surface area contributed by atoms with Gasteiger partial charge < -0.3 is 14.4 Å². The zero-order valence-corrected chi connectivity index (χ0v) is 10.2. The molecule has 0 spiro atoms. The predicted molar refractivity (Wildman–Crippen MR) is 59.4 cm³/mol. The van der Waals surface area contributed by atoms with E-state index in [-0.39, 0.29) is 24.3 Å². The highest BCUT2D eigenvalue weighted by molar-refractivity contribution is 5.68. The molecule has 2 aliphatic heterocycles. The van der Waals surface area contributed by atoms with Crippen LogP contribution in [0.1, 0.15) is 20.8 Å². The van der Waals surface area contributed by atoms with Gasteiger partial charge in [0, 0.05) is 11.5 Å². The fraction of sp³-hybridized carbons (Fsp3) is 0.900. The van der Waals surface area contributed by atoms with Gasteiger partial charge in [-0.1, -0.05) is 5.11 Å². The van der Waals surface area contributed by atoms with Crippen molar-refractivity contribution >= 4 is 6.09 Å². The Bertz CT molecular complexity index is 372. The molecule has 0 radical (unpaired) electrons. The van der Waals surface area contributed by atoms with Crippen LogP contribution in [-0.2, 0) is 9.47 Å². The van der Waals surface area contributed by atoms with Gasteiger partial charge in [0.15, 0.2) is 0 Å². The van der Waals surface area contributed by atoms with Gasteiger partial charge in [-0.25, -0.2) is 4.79 Å². The van der Waals surface area contributed by atoms with Crippen molar-refractivity contribution < 1.29 is 14.3 Å². The molecule has 0 aliphatic carbocycles. The summed E-state index contributed by atoms with van der Waals surface area (Å²) >= 11 is 0. The summed E-state index contributed by atoms with van der Waals surface area (Å²) in [5, 5.41) is 3.64. The maximum absolute atomic E-state index is 11.8. The van der Waals surface area contributed by atoms with Gasteiger partial charge in [-0.3, -0.25) is 0 Å². The van der Waals surface area contributed by atoms with E-state index < -0.39 is 5.60 Å². The molecular weight excluding hydrogens is 224 g/mol. The number of likely N-dealkylation sites (tertiary alicyclic amines) is 1. The van der Waals surface area contributed by atoms with Gasteiger partial charge in [-0.15, -0.1) is 0 Å². The summed E-state index contributed by atoms with van der Waals surface area (Å²) < 4.78 is 10.6. The molecule has 0 bridgehead atoms. The molecule has 0 N–H and O–H groups in total. The molecule has 0 saturated carbocycles. The molecule has 7 heteroatoms. The minimum atomic E-state index is -0.521. The van der Waals surface area contributed by atoms with E-state index in [1.807, 2.05) is 20.8 Å². The molecule has 2 heterocycles. The van der Waals surface area contributed by atoms with Gasteiger partial charge in [0.05, 0.1) is 18.7 Å². The minimum absolute atomic E-state index is 0.00762. The van der Waals surface area contributed by atoms with Crippen LogP contribution in [0.25, 0.3) is 10.4 Å². The number of piperidine rings is 1. The molecule has 1 amide bonds. The first-order valence-electron chi connectivity index (χ1n) is 5.58. The van der Waals surface area contributed by atoms with Gasteiger partial charge in [-0.2, -0.15) is 0 Å². The highest BCUT2D eigenvalue weighted by Gasteiger charge is 2.51. The second kappa shape index (κ2) is 4.09. The number of ether oxygens (including phenoxy) is 2. The molecule has 0 aromatic carbocycles. The third kappa shape index (κ3) is 2.81. The van der Waals surface area contributed by atoms with Crippen molar-refractivity contribution in [3.8, 4) is 0 Å². The molecule has 0 aromatic rings. The van der Waals surface area contributed by atoms with E-state index in [0.29, 0.717) is 13.1 Å². The molecule has 2 aliphatic rings. The van der Waals surface area contributed by atoms with Gasteiger partial charge in [0.1, 0.15) is 11.7 Å². The molecule has 2 rings (SSSR count). The number of carbonyl (C=O) groups excluding carboxylic acids is 1. The van der Waals surface area contributed by atoms with Crippen molar-refractivity contribution in [2.45, 2.75) is 44.6 Å². The second-order valence-electron chi connectivity index (χ2n) is 5.30. The highest BCUT2D eigenvalue weighted by Crippen LogP contribution is 2.33. The maximum Gasteiger partial charge on any atom is 0.410 e. The monoisotopic (exact) mass is 240 g/mol. The van der Waals surface area contributed by atoms with Crippen LogP contribution in [0, 0.1) is 0 Å². The number of azide groups is 1. The summed E-state index contributed by atoms with van der Waals surface area (Å²) in [7, 11) is 0. The van der Waals surface area contributed by atoms with Crippen LogP contribution in [0.3, 0.4) is 0 Å². The van der Waals surface area contributed by atoms with Gasteiger partial charge in [-0.05, 0) is 26.3 Å². The zero-order chi connectivity index (χ0) is 12.6. The van der Waals surface area contributed by atoms with Crippen molar-refractivity contribution in [3.63, 3.8) is 0 Å². The Morgan fingerprint density at radius 3 is 2.82 bits per heavy atom. The van der Waals surface area contributed by atoms with Crippen LogP contribution in [0.2, 0.25) is 0 Å². The molecular formula is C10H16N4O3. The Hall–Kier alpha value is -1.46. The smallest absolute Gasteiger partial charge is 0.410 e. The lowest BCUT2D eigenvalue weighted by Gasteiger charge is -2.30. The molecule has 3 atom stereocenters. The van der Waals surface area contributed by atoms with Gasteiger partial charge in [0.25, 0.3) is 0 Å². The lowest BCUT2D eigenvalue weighted by atomic mass is 10.1. The number of carbonyl (C=O) groups is 1. The number of hydrogen-bond donors (Lipinski definition) is 0. The number of epoxide rings is 1. The Morgan fingerprint density at radius 1 is 1.53 bits per heavy atom. The molecule has 7 nitrogen and oxygen atoms in total. The van der Waals surface area contributed by atoms with E-state index in [1.54, 1.807) is 4.90 Å². The average Bonchev–Trinajstić information content (AvgIpc) is 2.94. The van der Waals surface area contributed by atoms with Crippen LogP contribution in [-0.4, -0.2) is 47.9 Å². The normalized spacial score (nSPS) is 31.2. The van der Waals surface area contributed by atoms with Crippen molar-refractivity contribution in [1.29, 1.82) is 0 Å². The minimum Gasteiger partial charge on any atom is -0.444 e. The number of hydrogen-bond acceptors (Lipinski definition) is 4. The summed E-state index contributed by atoms with van der Waals surface area (Å²) in [6.07, 6.45) is -0.416. The maximum atomic E-state index is 11.8. The van der Waals surface area contributed by atoms with Gasteiger partial charge in [0.2, 0.25) is 0 Å². The van der Waals surface area contributed by atoms with Crippen molar-refractivity contribution in [2.75, 3.05) is 13.1 Å². The number of nitrogens with zero attached hydrogens (tertiary/aromatic N) is 4. The summed E-state index contributed by atoms with van der Waals surface area (Å²) in [5.74, 6) is 0. The quantitative estimate of drug-likeness (QED) is 0.302. The third-order valence-corrected chi connectivity index (χ3v) is 2.66. The van der Waals surface area contributed by atoms with Gasteiger partial charge >= 0.3 is 6.09 Å². The first-order valence-corrected chi connectivity index (χ1v) is 5.58. The van der Waals surface area contributed by atoms with Crippen molar-refractivity contribution in [3.05, 3.63) is 10.4 Å². The molecule has 0 unspecified atom stereocenters. The first-order chi connectivity index (χ1) is 7.90. The SMILES string of the molecule is CC(C)(C)OC(=O)N1C[C@H](N=[N+]=[N-])[C@@H]2O[C@H]2C1. The zero-order valence-electron chi connectivity index (χ0n) is 10.2. The number of rotatable bonds is 1.